The van der Waals surface area contributed by atoms with Crippen LogP contribution >= 0.6 is 0 Å². The van der Waals surface area contributed by atoms with Crippen LogP contribution in [0.15, 0.2) is 0 Å². The Morgan fingerprint density at radius 3 is 2.83 bits per heavy atom. The monoisotopic (exact) mass is 254 g/mol. The molecule has 2 aliphatic rings. The highest BCUT2D eigenvalue weighted by molar-refractivity contribution is 5.82. The molecule has 0 aromatic carbocycles. The molecule has 0 aromatic rings. The molecular formula is C14H26N2O2. The third-order valence-corrected chi connectivity index (χ3v) is 4.58. The lowest BCUT2D eigenvalue weighted by atomic mass is 9.77. The summed E-state index contributed by atoms with van der Waals surface area (Å²) < 4.78 is 5.11. The average Bonchev–Trinajstić information content (AvgIpc) is 2.47. The number of nitrogens with one attached hydrogen (secondary N) is 1. The molecule has 18 heavy (non-hydrogen) atoms. The van der Waals surface area contributed by atoms with Crippen molar-refractivity contribution in [2.45, 2.75) is 57.0 Å². The van der Waals surface area contributed by atoms with Crippen LogP contribution in [-0.2, 0) is 9.53 Å². The molecule has 104 valence electrons. The number of ether oxygens (including phenoxy) is 1. The number of hydrogen-bond donors (Lipinski definition) is 1. The van der Waals surface area contributed by atoms with Gasteiger partial charge in [-0.25, -0.2) is 4.79 Å². The molecule has 2 aliphatic heterocycles. The third kappa shape index (κ3) is 2.41. The molecule has 0 amide bonds. The van der Waals surface area contributed by atoms with Crippen LogP contribution in [-0.4, -0.2) is 49.2 Å². The Hall–Kier alpha value is -0.610. The van der Waals surface area contributed by atoms with E-state index in [1.807, 2.05) is 0 Å². The first-order valence-electron chi connectivity index (χ1n) is 7.32. The average molecular weight is 254 g/mol. The molecule has 1 N–H and O–H groups in total. The van der Waals surface area contributed by atoms with Gasteiger partial charge in [0.15, 0.2) is 0 Å². The van der Waals surface area contributed by atoms with Gasteiger partial charge in [0, 0.05) is 6.04 Å². The summed E-state index contributed by atoms with van der Waals surface area (Å²) in [6, 6.07) is 0.309. The molecule has 0 aliphatic carbocycles. The van der Waals surface area contributed by atoms with E-state index >= 15 is 0 Å². The van der Waals surface area contributed by atoms with Crippen LogP contribution in [0.2, 0.25) is 0 Å². The predicted octanol–water partition coefficient (Wildman–Crippen LogP) is 1.55. The van der Waals surface area contributed by atoms with Crippen molar-refractivity contribution in [1.29, 1.82) is 0 Å². The summed E-state index contributed by atoms with van der Waals surface area (Å²) in [6.45, 7) is 5.25. The van der Waals surface area contributed by atoms with Crippen LogP contribution in [0.1, 0.15) is 45.4 Å². The van der Waals surface area contributed by atoms with Crippen molar-refractivity contribution in [3.8, 4) is 0 Å². The second-order valence-corrected chi connectivity index (χ2v) is 5.49. The fraction of sp³-hybridized carbons (Fsp3) is 0.929. The Morgan fingerprint density at radius 2 is 2.22 bits per heavy atom. The highest BCUT2D eigenvalue weighted by Crippen LogP contribution is 2.33. The lowest BCUT2D eigenvalue weighted by Crippen LogP contribution is -2.68. The Kier molecular flexibility index (Phi) is 4.62. The van der Waals surface area contributed by atoms with Crippen molar-refractivity contribution in [3.63, 3.8) is 0 Å². The van der Waals surface area contributed by atoms with E-state index in [0.717, 1.165) is 45.3 Å². The van der Waals surface area contributed by atoms with E-state index in [4.69, 9.17) is 4.74 Å². The summed E-state index contributed by atoms with van der Waals surface area (Å²) in [5, 5.41) is 3.50. The summed E-state index contributed by atoms with van der Waals surface area (Å²) in [6.07, 6.45) is 6.79. The number of esters is 1. The van der Waals surface area contributed by atoms with Gasteiger partial charge in [-0.15, -0.1) is 0 Å². The van der Waals surface area contributed by atoms with E-state index in [1.165, 1.54) is 20.0 Å². The molecule has 0 radical (unpaired) electrons. The van der Waals surface area contributed by atoms with Crippen molar-refractivity contribution in [3.05, 3.63) is 0 Å². The van der Waals surface area contributed by atoms with E-state index in [-0.39, 0.29) is 5.97 Å². The van der Waals surface area contributed by atoms with Crippen molar-refractivity contribution in [2.75, 3.05) is 26.7 Å². The third-order valence-electron chi connectivity index (χ3n) is 4.58. The molecule has 2 atom stereocenters. The van der Waals surface area contributed by atoms with Crippen LogP contribution in [0.4, 0.5) is 0 Å². The first kappa shape index (κ1) is 13.8. The molecule has 2 fully saturated rings. The van der Waals surface area contributed by atoms with Gasteiger partial charge >= 0.3 is 5.97 Å². The van der Waals surface area contributed by atoms with Crippen LogP contribution in [0, 0.1) is 0 Å². The van der Waals surface area contributed by atoms with Gasteiger partial charge in [0.2, 0.25) is 0 Å². The van der Waals surface area contributed by atoms with Crippen LogP contribution in [0.3, 0.4) is 0 Å². The molecule has 4 heteroatoms. The van der Waals surface area contributed by atoms with E-state index in [2.05, 4.69) is 17.1 Å². The molecule has 0 aromatic heterocycles. The van der Waals surface area contributed by atoms with Gasteiger partial charge in [0.25, 0.3) is 0 Å². The fourth-order valence-corrected chi connectivity index (χ4v) is 3.63. The lowest BCUT2D eigenvalue weighted by molar-refractivity contribution is -0.154. The van der Waals surface area contributed by atoms with Crippen molar-refractivity contribution in [2.24, 2.45) is 0 Å². The van der Waals surface area contributed by atoms with Crippen LogP contribution in [0.5, 0.6) is 0 Å². The van der Waals surface area contributed by atoms with Gasteiger partial charge < -0.3 is 10.1 Å². The van der Waals surface area contributed by atoms with Gasteiger partial charge in [-0.1, -0.05) is 13.3 Å². The maximum Gasteiger partial charge on any atom is 0.327 e. The van der Waals surface area contributed by atoms with E-state index in [9.17, 15) is 4.79 Å². The zero-order valence-electron chi connectivity index (χ0n) is 11.7. The SMILES string of the molecule is CCN1CCCCC1C1(C(=O)OC)CCCCN1. The van der Waals surface area contributed by atoms with E-state index in [0.29, 0.717) is 6.04 Å². The second kappa shape index (κ2) is 6.02. The predicted molar refractivity (Wildman–Crippen MR) is 71.5 cm³/mol. The number of likely N-dealkylation sites (N-methyl/N-ethyl adjacent to an activating group) is 1. The summed E-state index contributed by atoms with van der Waals surface area (Å²) in [7, 11) is 1.51. The molecule has 4 nitrogen and oxygen atoms in total. The second-order valence-electron chi connectivity index (χ2n) is 5.49. The maximum atomic E-state index is 12.3. The highest BCUT2D eigenvalue weighted by atomic mass is 16.5. The van der Waals surface area contributed by atoms with E-state index in [1.54, 1.807) is 0 Å². The standard InChI is InChI=1S/C14H26N2O2/c1-3-16-11-7-4-8-12(16)14(13(17)18-2)9-5-6-10-15-14/h12,15H,3-11H2,1-2H3. The maximum absolute atomic E-state index is 12.3. The van der Waals surface area contributed by atoms with Crippen LogP contribution in [0.25, 0.3) is 0 Å². The quantitative estimate of drug-likeness (QED) is 0.776. The van der Waals surface area contributed by atoms with Crippen LogP contribution < -0.4 is 5.32 Å². The number of carbonyl (C=O) groups is 1. The number of likely N-dealkylation sites (tertiary alicyclic amines) is 1. The molecule has 2 unspecified atom stereocenters. The number of methoxy groups -OCH3 is 1. The van der Waals surface area contributed by atoms with Gasteiger partial charge in [0.05, 0.1) is 7.11 Å². The Morgan fingerprint density at radius 1 is 1.39 bits per heavy atom. The first-order valence-corrected chi connectivity index (χ1v) is 7.32. The summed E-state index contributed by atoms with van der Waals surface area (Å²) in [4.78, 5) is 14.8. The number of carbonyl (C=O) groups excluding carboxylic acids is 1. The molecule has 0 bridgehead atoms. The highest BCUT2D eigenvalue weighted by Gasteiger charge is 2.49. The topological polar surface area (TPSA) is 41.6 Å². The van der Waals surface area contributed by atoms with Gasteiger partial charge in [-0.05, 0) is 51.7 Å². The van der Waals surface area contributed by atoms with Crippen molar-refractivity contribution < 1.29 is 9.53 Å². The van der Waals surface area contributed by atoms with Crippen molar-refractivity contribution >= 4 is 5.97 Å². The fourth-order valence-electron chi connectivity index (χ4n) is 3.63. The number of nitrogens with zero attached hydrogens (tertiary/aromatic N) is 1. The van der Waals surface area contributed by atoms with E-state index < -0.39 is 5.54 Å². The van der Waals surface area contributed by atoms with Gasteiger partial charge in [-0.2, -0.15) is 0 Å². The smallest absolute Gasteiger partial charge is 0.327 e. The summed E-state index contributed by atoms with van der Waals surface area (Å²) in [5.74, 6) is -0.0625. The minimum absolute atomic E-state index is 0.0625. The number of hydrogen-bond acceptors (Lipinski definition) is 4. The molecule has 2 heterocycles. The molecule has 2 rings (SSSR count). The molecule has 0 saturated carbocycles. The Balaban J connectivity index is 2.23. The zero-order valence-corrected chi connectivity index (χ0v) is 11.7. The van der Waals surface area contributed by atoms with Gasteiger partial charge in [0.1, 0.15) is 5.54 Å². The lowest BCUT2D eigenvalue weighted by Gasteiger charge is -2.48. The molecular weight excluding hydrogens is 228 g/mol. The molecule has 0 spiro atoms. The zero-order chi connectivity index (χ0) is 13.0. The normalized spacial score (nSPS) is 34.2. The van der Waals surface area contributed by atoms with Crippen molar-refractivity contribution in [1.82, 2.24) is 10.2 Å². The minimum Gasteiger partial charge on any atom is -0.468 e. The Labute approximate surface area is 110 Å². The number of piperidine rings is 2. The Bertz CT molecular complexity index is 288. The molecule has 2 saturated heterocycles. The van der Waals surface area contributed by atoms with Gasteiger partial charge in [-0.3, -0.25) is 4.90 Å². The number of rotatable bonds is 3. The largest absolute Gasteiger partial charge is 0.468 e. The summed E-state index contributed by atoms with van der Waals surface area (Å²) in [5.41, 5.74) is -0.455. The first-order chi connectivity index (χ1) is 8.74. The minimum atomic E-state index is -0.455. The summed E-state index contributed by atoms with van der Waals surface area (Å²) >= 11 is 0.